The fourth-order valence-electron chi connectivity index (χ4n) is 3.03. The Morgan fingerprint density at radius 2 is 1.83 bits per heavy atom. The van der Waals surface area contributed by atoms with E-state index in [4.69, 9.17) is 23.2 Å². The maximum atomic E-state index is 9.40. The van der Waals surface area contributed by atoms with E-state index in [2.05, 4.69) is 21.7 Å². The van der Waals surface area contributed by atoms with Gasteiger partial charge in [0.05, 0.1) is 18.7 Å². The van der Waals surface area contributed by atoms with E-state index in [-0.39, 0.29) is 6.61 Å². The zero-order valence-electron chi connectivity index (χ0n) is 12.7. The lowest BCUT2D eigenvalue weighted by Gasteiger charge is -2.09. The van der Waals surface area contributed by atoms with Gasteiger partial charge in [-0.05, 0) is 35.4 Å². The van der Waals surface area contributed by atoms with Crippen molar-refractivity contribution in [1.82, 2.24) is 9.55 Å². The van der Waals surface area contributed by atoms with Crippen LogP contribution in [0.15, 0.2) is 54.7 Å². The highest BCUT2D eigenvalue weighted by Crippen LogP contribution is 2.30. The van der Waals surface area contributed by atoms with Gasteiger partial charge < -0.3 is 9.67 Å². The molecule has 0 spiro atoms. The highest BCUT2D eigenvalue weighted by Gasteiger charge is 2.13. The summed E-state index contributed by atoms with van der Waals surface area (Å²) in [5, 5.41) is 12.8. The van der Waals surface area contributed by atoms with E-state index in [1.165, 1.54) is 0 Å². The summed E-state index contributed by atoms with van der Waals surface area (Å²) in [7, 11) is 0. The van der Waals surface area contributed by atoms with Crippen molar-refractivity contribution in [2.45, 2.75) is 13.2 Å². The van der Waals surface area contributed by atoms with Gasteiger partial charge in [-0.25, -0.2) is 4.98 Å². The van der Waals surface area contributed by atoms with Crippen LogP contribution in [-0.4, -0.2) is 14.7 Å². The number of halogens is 2. The Labute approximate surface area is 149 Å². The third-order valence-electron chi connectivity index (χ3n) is 4.19. The molecule has 0 amide bonds. The second-order valence-corrected chi connectivity index (χ2v) is 6.56. The molecule has 0 atom stereocenters. The van der Waals surface area contributed by atoms with E-state index in [1.54, 1.807) is 12.3 Å². The molecule has 0 radical (unpaired) electrons. The molecule has 0 bridgehead atoms. The Morgan fingerprint density at radius 1 is 1.00 bits per heavy atom. The quantitative estimate of drug-likeness (QED) is 0.558. The van der Waals surface area contributed by atoms with Crippen LogP contribution in [0.3, 0.4) is 0 Å². The molecule has 1 N–H and O–H groups in total. The number of hydrogen-bond donors (Lipinski definition) is 1. The van der Waals surface area contributed by atoms with Gasteiger partial charge >= 0.3 is 0 Å². The lowest BCUT2D eigenvalue weighted by molar-refractivity contribution is 0.281. The van der Waals surface area contributed by atoms with Crippen LogP contribution in [0.5, 0.6) is 0 Å². The molecule has 4 rings (SSSR count). The number of aromatic nitrogens is 2. The molecule has 24 heavy (non-hydrogen) atoms. The normalized spacial score (nSPS) is 11.5. The molecule has 0 aliphatic rings. The number of rotatable bonds is 3. The lowest BCUT2D eigenvalue weighted by Crippen LogP contribution is -2.01. The standard InChI is InChI=1S/C19H14Cl2N2O/c20-14-6-5-13(17(21)8-14)10-23-18-4-2-1-3-15(18)16-7-12(11-24)9-22-19(16)23/h1-9,24H,10-11H2. The monoisotopic (exact) mass is 356 g/mol. The Morgan fingerprint density at radius 3 is 2.62 bits per heavy atom. The summed E-state index contributed by atoms with van der Waals surface area (Å²) in [6, 6.07) is 15.7. The SMILES string of the molecule is OCc1cnc2c(c1)c1ccccc1n2Cc1ccc(Cl)cc1Cl. The second-order valence-electron chi connectivity index (χ2n) is 5.71. The Hall–Kier alpha value is -2.07. The van der Waals surface area contributed by atoms with Gasteiger partial charge in [0.25, 0.3) is 0 Å². The molecule has 2 heterocycles. The topological polar surface area (TPSA) is 38.1 Å². The van der Waals surface area contributed by atoms with Crippen LogP contribution in [-0.2, 0) is 13.2 Å². The zero-order chi connectivity index (χ0) is 16.7. The van der Waals surface area contributed by atoms with Crippen molar-refractivity contribution in [3.63, 3.8) is 0 Å². The van der Waals surface area contributed by atoms with Crippen LogP contribution in [0, 0.1) is 0 Å². The Balaban J connectivity index is 1.95. The Bertz CT molecular complexity index is 1060. The molecule has 0 unspecified atom stereocenters. The third kappa shape index (κ3) is 2.55. The maximum absolute atomic E-state index is 9.40. The van der Waals surface area contributed by atoms with E-state index < -0.39 is 0 Å². The lowest BCUT2D eigenvalue weighted by atomic mass is 10.1. The second kappa shape index (κ2) is 6.10. The predicted molar refractivity (Wildman–Crippen MR) is 98.7 cm³/mol. The molecule has 0 fully saturated rings. The summed E-state index contributed by atoms with van der Waals surface area (Å²) in [6.07, 6.45) is 1.71. The van der Waals surface area contributed by atoms with Crippen LogP contribution in [0.1, 0.15) is 11.1 Å². The summed E-state index contributed by atoms with van der Waals surface area (Å²) in [5.74, 6) is 0. The smallest absolute Gasteiger partial charge is 0.141 e. The fourth-order valence-corrected chi connectivity index (χ4v) is 3.50. The molecule has 120 valence electrons. The average molecular weight is 357 g/mol. The first-order chi connectivity index (χ1) is 11.7. The first kappa shape index (κ1) is 15.5. The summed E-state index contributed by atoms with van der Waals surface area (Å²) in [6.45, 7) is 0.580. The van der Waals surface area contributed by atoms with Gasteiger partial charge in [-0.3, -0.25) is 0 Å². The number of hydrogen-bond acceptors (Lipinski definition) is 2. The van der Waals surface area contributed by atoms with Gasteiger partial charge in [0.1, 0.15) is 5.65 Å². The van der Waals surface area contributed by atoms with E-state index in [9.17, 15) is 5.11 Å². The summed E-state index contributed by atoms with van der Waals surface area (Å²) in [4.78, 5) is 4.57. The number of nitrogens with zero attached hydrogens (tertiary/aromatic N) is 2. The molecule has 3 nitrogen and oxygen atoms in total. The van der Waals surface area contributed by atoms with E-state index in [0.717, 1.165) is 33.1 Å². The number of pyridine rings is 1. The van der Waals surface area contributed by atoms with Crippen molar-refractivity contribution in [2.24, 2.45) is 0 Å². The van der Waals surface area contributed by atoms with Crippen molar-refractivity contribution in [2.75, 3.05) is 0 Å². The van der Waals surface area contributed by atoms with E-state index in [1.807, 2.05) is 30.3 Å². The minimum Gasteiger partial charge on any atom is -0.392 e. The van der Waals surface area contributed by atoms with Crippen molar-refractivity contribution in [1.29, 1.82) is 0 Å². The summed E-state index contributed by atoms with van der Waals surface area (Å²) < 4.78 is 2.14. The van der Waals surface area contributed by atoms with Gasteiger partial charge in [0, 0.05) is 27.0 Å². The van der Waals surface area contributed by atoms with E-state index in [0.29, 0.717) is 16.6 Å². The van der Waals surface area contributed by atoms with Crippen LogP contribution in [0.25, 0.3) is 21.9 Å². The van der Waals surface area contributed by atoms with Crippen molar-refractivity contribution < 1.29 is 5.11 Å². The van der Waals surface area contributed by atoms with Crippen molar-refractivity contribution >= 4 is 45.1 Å². The molecule has 0 saturated carbocycles. The molecule has 0 saturated heterocycles. The molecule has 4 aromatic rings. The molecule has 2 aromatic heterocycles. The fraction of sp³-hybridized carbons (Fsp3) is 0.105. The number of aliphatic hydroxyl groups is 1. The van der Waals surface area contributed by atoms with Crippen molar-refractivity contribution in [3.8, 4) is 0 Å². The number of fused-ring (bicyclic) bond motifs is 3. The van der Waals surface area contributed by atoms with Gasteiger partial charge in [-0.1, -0.05) is 47.5 Å². The molecule has 0 aliphatic heterocycles. The predicted octanol–water partition coefficient (Wildman–Crippen LogP) is 5.04. The minimum absolute atomic E-state index is 0.0224. The summed E-state index contributed by atoms with van der Waals surface area (Å²) >= 11 is 12.3. The highest BCUT2D eigenvalue weighted by atomic mass is 35.5. The van der Waals surface area contributed by atoms with Crippen LogP contribution in [0.2, 0.25) is 10.0 Å². The zero-order valence-corrected chi connectivity index (χ0v) is 14.2. The molecule has 0 aliphatic carbocycles. The van der Waals surface area contributed by atoms with Gasteiger partial charge in [-0.15, -0.1) is 0 Å². The number of para-hydroxylation sites is 1. The number of aliphatic hydroxyl groups excluding tert-OH is 1. The maximum Gasteiger partial charge on any atom is 0.141 e. The van der Waals surface area contributed by atoms with Crippen LogP contribution < -0.4 is 0 Å². The highest BCUT2D eigenvalue weighted by molar-refractivity contribution is 6.35. The van der Waals surface area contributed by atoms with Gasteiger partial charge in [0.2, 0.25) is 0 Å². The van der Waals surface area contributed by atoms with Gasteiger partial charge in [-0.2, -0.15) is 0 Å². The van der Waals surface area contributed by atoms with Gasteiger partial charge in [0.15, 0.2) is 0 Å². The van der Waals surface area contributed by atoms with Crippen LogP contribution >= 0.6 is 23.2 Å². The van der Waals surface area contributed by atoms with E-state index >= 15 is 0 Å². The first-order valence-electron chi connectivity index (χ1n) is 7.58. The third-order valence-corrected chi connectivity index (χ3v) is 4.78. The minimum atomic E-state index is -0.0224. The van der Waals surface area contributed by atoms with Crippen molar-refractivity contribution in [3.05, 3.63) is 75.9 Å². The first-order valence-corrected chi connectivity index (χ1v) is 8.33. The molecular formula is C19H14Cl2N2O. The molecule has 5 heteroatoms. The number of benzene rings is 2. The molecular weight excluding hydrogens is 343 g/mol. The average Bonchev–Trinajstić information content (AvgIpc) is 2.91. The Kier molecular flexibility index (Phi) is 3.93. The van der Waals surface area contributed by atoms with Crippen LogP contribution in [0.4, 0.5) is 0 Å². The largest absolute Gasteiger partial charge is 0.392 e. The summed E-state index contributed by atoms with van der Waals surface area (Å²) in [5.41, 5.74) is 3.74. The molecule has 2 aromatic carbocycles.